The average Bonchev–Trinajstić information content (AvgIpc) is 3.42. The van der Waals surface area contributed by atoms with Crippen molar-refractivity contribution < 1.29 is 31.1 Å². The smallest absolute Gasteiger partial charge is 0.367 e. The molecule has 1 aliphatic carbocycles. The lowest BCUT2D eigenvalue weighted by Crippen LogP contribution is -2.37. The Morgan fingerprint density at radius 1 is 1.10 bits per heavy atom. The van der Waals surface area contributed by atoms with Gasteiger partial charge in [-0.25, -0.2) is 8.42 Å². The molecule has 2 fully saturated rings. The molecule has 0 spiro atoms. The van der Waals surface area contributed by atoms with Gasteiger partial charge in [-0.3, -0.25) is 4.79 Å². The van der Waals surface area contributed by atoms with Crippen LogP contribution in [0.4, 0.5) is 13.2 Å². The van der Waals surface area contributed by atoms with E-state index in [1.54, 1.807) is 0 Å². The van der Waals surface area contributed by atoms with Crippen molar-refractivity contribution in [3.63, 3.8) is 0 Å². The minimum atomic E-state index is -4.64. The van der Waals surface area contributed by atoms with Crippen molar-refractivity contribution in [2.24, 2.45) is 11.8 Å². The molecule has 1 saturated carbocycles. The van der Waals surface area contributed by atoms with Crippen molar-refractivity contribution in [2.75, 3.05) is 40.3 Å². The van der Waals surface area contributed by atoms with E-state index in [4.69, 9.17) is 16.3 Å². The first kappa shape index (κ1) is 31.7. The summed E-state index contributed by atoms with van der Waals surface area (Å²) in [5.74, 6) is 0.625. The lowest BCUT2D eigenvalue weighted by Gasteiger charge is -2.37. The summed E-state index contributed by atoms with van der Waals surface area (Å²) >= 11 is 6.07. The van der Waals surface area contributed by atoms with E-state index >= 15 is 0 Å². The largest absolute Gasteiger partial charge is 0.416 e. The van der Waals surface area contributed by atoms with Crippen LogP contribution in [0.25, 0.3) is 0 Å². The molecule has 1 aliphatic heterocycles. The molecule has 2 aliphatic rings. The van der Waals surface area contributed by atoms with Crippen LogP contribution in [0.2, 0.25) is 5.02 Å². The van der Waals surface area contributed by atoms with Gasteiger partial charge in [0, 0.05) is 30.7 Å². The molecule has 4 rings (SSSR count). The highest BCUT2D eigenvalue weighted by molar-refractivity contribution is 7.89. The zero-order valence-corrected chi connectivity index (χ0v) is 24.8. The lowest BCUT2D eigenvalue weighted by molar-refractivity contribution is -0.137. The zero-order valence-electron chi connectivity index (χ0n) is 23.2. The maximum Gasteiger partial charge on any atom is 0.416 e. The van der Waals surface area contributed by atoms with Crippen LogP contribution < -0.4 is 5.32 Å². The van der Waals surface area contributed by atoms with Crippen molar-refractivity contribution in [1.29, 1.82) is 0 Å². The number of alkyl halides is 3. The number of hydrogen-bond donors (Lipinski definition) is 1. The minimum Gasteiger partial charge on any atom is -0.367 e. The van der Waals surface area contributed by atoms with Gasteiger partial charge in [-0.15, -0.1) is 0 Å². The molecule has 2 aromatic carbocycles. The summed E-state index contributed by atoms with van der Waals surface area (Å²) in [6.07, 6.45) is -0.658. The molecule has 7 nitrogen and oxygen atoms in total. The van der Waals surface area contributed by atoms with E-state index in [2.05, 4.69) is 36.4 Å². The predicted octanol–water partition coefficient (Wildman–Crippen LogP) is 5.36. The molecule has 12 heteroatoms. The number of ether oxygens (including phenoxy) is 1. The number of nitrogens with zero attached hydrogens (tertiary/aromatic N) is 2. The molecule has 0 aromatic heterocycles. The van der Waals surface area contributed by atoms with E-state index in [0.29, 0.717) is 36.9 Å². The topological polar surface area (TPSA) is 79.0 Å². The number of amides is 1. The van der Waals surface area contributed by atoms with Crippen LogP contribution in [-0.2, 0) is 25.7 Å². The number of sulfonamides is 1. The Kier molecular flexibility index (Phi) is 10.4. The average molecular weight is 616 g/mol. The number of carbonyl (C=O) groups is 1. The van der Waals surface area contributed by atoms with Crippen molar-refractivity contribution in [3.8, 4) is 0 Å². The number of rotatable bonds is 10. The van der Waals surface area contributed by atoms with Crippen LogP contribution in [0.3, 0.4) is 0 Å². The predicted molar refractivity (Wildman–Crippen MR) is 151 cm³/mol. The summed E-state index contributed by atoms with van der Waals surface area (Å²) < 4.78 is 71.6. The van der Waals surface area contributed by atoms with Gasteiger partial charge in [0.2, 0.25) is 15.9 Å². The van der Waals surface area contributed by atoms with Gasteiger partial charge in [-0.1, -0.05) is 29.8 Å². The van der Waals surface area contributed by atoms with Gasteiger partial charge in [0.25, 0.3) is 0 Å². The van der Waals surface area contributed by atoms with E-state index in [1.807, 2.05) is 12.1 Å². The first-order valence-electron chi connectivity index (χ1n) is 13.8. The van der Waals surface area contributed by atoms with Gasteiger partial charge in [0.1, 0.15) is 6.61 Å². The van der Waals surface area contributed by atoms with Crippen LogP contribution >= 0.6 is 11.6 Å². The third kappa shape index (κ3) is 8.22. The van der Waals surface area contributed by atoms with Crippen molar-refractivity contribution in [3.05, 3.63) is 64.7 Å². The minimum absolute atomic E-state index is 0.0173. The monoisotopic (exact) mass is 615 g/mol. The highest BCUT2D eigenvalue weighted by Crippen LogP contribution is 2.39. The van der Waals surface area contributed by atoms with Crippen LogP contribution in [-0.4, -0.2) is 70.0 Å². The lowest BCUT2D eigenvalue weighted by atomic mass is 9.76. The summed E-state index contributed by atoms with van der Waals surface area (Å²) in [4.78, 5) is 14.3. The molecule has 0 bridgehead atoms. The fourth-order valence-electron chi connectivity index (χ4n) is 5.90. The van der Waals surface area contributed by atoms with Crippen LogP contribution in [0.15, 0.2) is 53.4 Å². The molecule has 1 N–H and O–H groups in total. The first-order chi connectivity index (χ1) is 19.3. The Bertz CT molecular complexity index is 1280. The molecular formula is C29H37ClF3N3O4S. The molecule has 1 heterocycles. The van der Waals surface area contributed by atoms with Gasteiger partial charge < -0.3 is 15.0 Å². The zero-order chi connectivity index (χ0) is 29.8. The number of hydrogen-bond acceptors (Lipinski definition) is 5. The Morgan fingerprint density at radius 3 is 2.41 bits per heavy atom. The second kappa shape index (κ2) is 13.4. The second-order valence-corrected chi connectivity index (χ2v) is 13.5. The number of nitrogens with one attached hydrogen (secondary N) is 1. The number of halogens is 4. The molecule has 2 aromatic rings. The van der Waals surface area contributed by atoms with Gasteiger partial charge >= 0.3 is 6.18 Å². The molecule has 226 valence electrons. The van der Waals surface area contributed by atoms with Crippen LogP contribution in [0.1, 0.15) is 49.3 Å². The maximum absolute atomic E-state index is 13.0. The van der Waals surface area contributed by atoms with E-state index in [-0.39, 0.29) is 25.6 Å². The fraction of sp³-hybridized carbons (Fsp3) is 0.552. The molecule has 2 atom stereocenters. The summed E-state index contributed by atoms with van der Waals surface area (Å²) in [5.41, 5.74) is 0.233. The number of benzene rings is 2. The van der Waals surface area contributed by atoms with Gasteiger partial charge in [-0.2, -0.15) is 17.5 Å². The SMILES string of the molecule is CN(C)C(c1ccc(Cl)cc1)C1CCC(CNC(=O)COC2CCN(S(=O)(=O)c3cccc(C(F)(F)F)c3)C2)CC1. The second-order valence-electron chi connectivity index (χ2n) is 11.2. The van der Waals surface area contributed by atoms with Crippen molar-refractivity contribution >= 4 is 27.5 Å². The summed E-state index contributed by atoms with van der Waals surface area (Å²) in [6.45, 7) is 0.453. The van der Waals surface area contributed by atoms with Crippen LogP contribution in [0.5, 0.6) is 0 Å². The normalized spacial score (nSPS) is 23.0. The Hall–Kier alpha value is -2.18. The van der Waals surface area contributed by atoms with E-state index in [1.165, 1.54) is 5.56 Å². The molecule has 0 radical (unpaired) electrons. The summed E-state index contributed by atoms with van der Waals surface area (Å²) in [5, 5.41) is 3.66. The number of carbonyl (C=O) groups excluding carboxylic acids is 1. The molecule has 1 saturated heterocycles. The van der Waals surface area contributed by atoms with Gasteiger partial charge in [0.05, 0.1) is 16.6 Å². The molecule has 41 heavy (non-hydrogen) atoms. The highest BCUT2D eigenvalue weighted by Gasteiger charge is 2.36. The van der Waals surface area contributed by atoms with Crippen molar-refractivity contribution in [2.45, 2.75) is 55.3 Å². The van der Waals surface area contributed by atoms with E-state index in [0.717, 1.165) is 53.2 Å². The van der Waals surface area contributed by atoms with Crippen molar-refractivity contribution in [1.82, 2.24) is 14.5 Å². The summed E-state index contributed by atoms with van der Waals surface area (Å²) in [6, 6.07) is 12.0. The molecule has 1 amide bonds. The molecular weight excluding hydrogens is 579 g/mol. The standard InChI is InChI=1S/C29H37ClF3N3O4S/c1-35(2)28(22-10-12-24(30)13-11-22)21-8-6-20(7-9-21)17-34-27(37)19-40-25-14-15-36(18-25)41(38,39)26-5-3-4-23(16-26)29(31,32)33/h3-5,10-13,16,20-21,25,28H,6-9,14-15,17-19H2,1-2H3,(H,34,37). The molecule has 2 unspecified atom stereocenters. The van der Waals surface area contributed by atoms with E-state index < -0.39 is 32.8 Å². The van der Waals surface area contributed by atoms with E-state index in [9.17, 15) is 26.4 Å². The highest BCUT2D eigenvalue weighted by atomic mass is 35.5. The third-order valence-electron chi connectivity index (χ3n) is 8.05. The van der Waals surface area contributed by atoms with Gasteiger partial charge in [-0.05, 0) is 93.9 Å². The van der Waals surface area contributed by atoms with Crippen LogP contribution in [0, 0.1) is 11.8 Å². The maximum atomic E-state index is 13.0. The quantitative estimate of drug-likeness (QED) is 0.389. The van der Waals surface area contributed by atoms with Gasteiger partial charge in [0.15, 0.2) is 0 Å². The fourth-order valence-corrected chi connectivity index (χ4v) is 7.56. The first-order valence-corrected chi connectivity index (χ1v) is 15.6. The Morgan fingerprint density at radius 2 is 1.78 bits per heavy atom. The summed E-state index contributed by atoms with van der Waals surface area (Å²) in [7, 11) is 0.0765. The third-order valence-corrected chi connectivity index (χ3v) is 10.2. The Labute approximate surface area is 245 Å². The Balaban J connectivity index is 1.19.